The molecule has 4 nitrogen and oxygen atoms in total. The van der Waals surface area contributed by atoms with Crippen molar-refractivity contribution < 1.29 is 17.9 Å². The lowest BCUT2D eigenvalue weighted by molar-refractivity contribution is 0.0301. The maximum absolute atomic E-state index is 10.8. The Morgan fingerprint density at radius 3 is 2.77 bits per heavy atom. The molecular weight excluding hydrogens is 216 g/mol. The Kier molecular flexibility index (Phi) is 2.53. The first kappa shape index (κ1) is 9.71. The fourth-order valence-corrected chi connectivity index (χ4v) is 3.00. The lowest BCUT2D eigenvalue weighted by atomic mass is 10.0. The highest BCUT2D eigenvalue weighted by Crippen LogP contribution is 2.32. The van der Waals surface area contributed by atoms with Crippen LogP contribution in [0.3, 0.4) is 0 Å². The first-order valence-corrected chi connectivity index (χ1v) is 6.68. The van der Waals surface area contributed by atoms with Gasteiger partial charge in [0.05, 0.1) is 31.2 Å². The second-order valence-corrected chi connectivity index (χ2v) is 6.36. The Morgan fingerprint density at radius 1 is 1.38 bits per heavy atom. The van der Waals surface area contributed by atoms with Gasteiger partial charge >= 0.3 is 0 Å². The molecular formula is C7H11ClO4S. The van der Waals surface area contributed by atoms with Crippen molar-refractivity contribution in [1.29, 1.82) is 0 Å². The SMILES string of the molecule is O=S(=O)(Cl)CC1C[C@@H]2COC[C@@H]2O1. The number of hydrogen-bond donors (Lipinski definition) is 0. The predicted molar refractivity (Wildman–Crippen MR) is 47.2 cm³/mol. The second kappa shape index (κ2) is 3.38. The Bertz CT molecular complexity index is 277. The number of halogens is 1. The zero-order valence-electron chi connectivity index (χ0n) is 6.98. The standard InChI is InChI=1S/C7H11ClO4S/c8-13(9,10)4-6-1-5-2-11-3-7(5)12-6/h5-7H,1-4H2/t5-,6?,7+/m1/s1. The van der Waals surface area contributed by atoms with Gasteiger partial charge in [0.25, 0.3) is 0 Å². The van der Waals surface area contributed by atoms with E-state index in [0.717, 1.165) is 6.42 Å². The minimum Gasteiger partial charge on any atom is -0.378 e. The summed E-state index contributed by atoms with van der Waals surface area (Å²) in [6.07, 6.45) is 0.598. The van der Waals surface area contributed by atoms with E-state index in [9.17, 15) is 8.42 Å². The van der Waals surface area contributed by atoms with Crippen LogP contribution >= 0.6 is 10.7 Å². The number of fused-ring (bicyclic) bond motifs is 1. The first-order valence-electron chi connectivity index (χ1n) is 4.20. The number of ether oxygens (including phenoxy) is 2. The van der Waals surface area contributed by atoms with E-state index in [4.69, 9.17) is 20.2 Å². The molecule has 0 aliphatic carbocycles. The van der Waals surface area contributed by atoms with Crippen LogP contribution in [-0.4, -0.2) is 39.6 Å². The molecule has 2 aliphatic heterocycles. The molecule has 76 valence electrons. The smallest absolute Gasteiger partial charge is 0.235 e. The van der Waals surface area contributed by atoms with Gasteiger partial charge in [-0.1, -0.05) is 0 Å². The summed E-state index contributed by atoms with van der Waals surface area (Å²) in [5.74, 6) is 0.282. The van der Waals surface area contributed by atoms with Crippen LogP contribution < -0.4 is 0 Å². The fourth-order valence-electron chi connectivity index (χ4n) is 1.92. The first-order chi connectivity index (χ1) is 6.04. The molecule has 0 aromatic carbocycles. The van der Waals surface area contributed by atoms with Gasteiger partial charge in [-0.3, -0.25) is 0 Å². The van der Waals surface area contributed by atoms with Gasteiger partial charge in [0.15, 0.2) is 0 Å². The van der Waals surface area contributed by atoms with Crippen molar-refractivity contribution in [3.05, 3.63) is 0 Å². The monoisotopic (exact) mass is 226 g/mol. The van der Waals surface area contributed by atoms with Gasteiger partial charge in [0.2, 0.25) is 9.05 Å². The molecule has 0 saturated carbocycles. The average Bonchev–Trinajstić information content (AvgIpc) is 2.40. The molecule has 2 aliphatic rings. The Hall–Kier alpha value is 0.160. The van der Waals surface area contributed by atoms with Crippen molar-refractivity contribution in [2.24, 2.45) is 5.92 Å². The van der Waals surface area contributed by atoms with Crippen molar-refractivity contribution in [3.8, 4) is 0 Å². The summed E-state index contributed by atoms with van der Waals surface area (Å²) >= 11 is 0. The van der Waals surface area contributed by atoms with Crippen LogP contribution in [0, 0.1) is 5.92 Å². The van der Waals surface area contributed by atoms with E-state index in [1.165, 1.54) is 0 Å². The fraction of sp³-hybridized carbons (Fsp3) is 1.00. The maximum Gasteiger partial charge on any atom is 0.235 e. The largest absolute Gasteiger partial charge is 0.378 e. The molecule has 2 heterocycles. The molecule has 0 aromatic rings. The van der Waals surface area contributed by atoms with Gasteiger partial charge in [-0.2, -0.15) is 0 Å². The van der Waals surface area contributed by atoms with Crippen molar-refractivity contribution in [2.75, 3.05) is 19.0 Å². The zero-order valence-corrected chi connectivity index (χ0v) is 8.55. The predicted octanol–water partition coefficient (Wildman–Crippen LogP) is 0.359. The van der Waals surface area contributed by atoms with Crippen LogP contribution in [0.2, 0.25) is 0 Å². The molecule has 13 heavy (non-hydrogen) atoms. The van der Waals surface area contributed by atoms with Crippen molar-refractivity contribution >= 4 is 19.7 Å². The Morgan fingerprint density at radius 2 is 2.15 bits per heavy atom. The molecule has 1 unspecified atom stereocenters. The van der Waals surface area contributed by atoms with Crippen molar-refractivity contribution in [1.82, 2.24) is 0 Å². The zero-order chi connectivity index (χ0) is 9.47. The van der Waals surface area contributed by atoms with Crippen molar-refractivity contribution in [3.63, 3.8) is 0 Å². The summed E-state index contributed by atoms with van der Waals surface area (Å²) in [7, 11) is 1.70. The average molecular weight is 227 g/mol. The number of hydrogen-bond acceptors (Lipinski definition) is 4. The topological polar surface area (TPSA) is 52.6 Å². The third kappa shape index (κ3) is 2.34. The van der Waals surface area contributed by atoms with E-state index >= 15 is 0 Å². The Labute approximate surface area is 81.6 Å². The summed E-state index contributed by atoms with van der Waals surface area (Å²) in [4.78, 5) is 0. The normalized spacial score (nSPS) is 39.3. The molecule has 0 amide bonds. The molecule has 2 rings (SSSR count). The summed E-state index contributed by atoms with van der Waals surface area (Å²) in [5, 5.41) is 0. The van der Waals surface area contributed by atoms with E-state index in [2.05, 4.69) is 0 Å². The van der Waals surface area contributed by atoms with Crippen LogP contribution in [0.15, 0.2) is 0 Å². The Balaban J connectivity index is 1.92. The lowest BCUT2D eigenvalue weighted by Gasteiger charge is -2.09. The van der Waals surface area contributed by atoms with Gasteiger partial charge in [0, 0.05) is 16.6 Å². The van der Waals surface area contributed by atoms with E-state index in [1.807, 2.05) is 0 Å². The van der Waals surface area contributed by atoms with Crippen LogP contribution in [0.1, 0.15) is 6.42 Å². The van der Waals surface area contributed by atoms with Crippen LogP contribution in [0.4, 0.5) is 0 Å². The number of rotatable bonds is 2. The molecule has 6 heteroatoms. The molecule has 3 atom stereocenters. The summed E-state index contributed by atoms with van der Waals surface area (Å²) in [6, 6.07) is 0. The maximum atomic E-state index is 10.8. The lowest BCUT2D eigenvalue weighted by Crippen LogP contribution is -2.20. The third-order valence-corrected chi connectivity index (χ3v) is 3.61. The molecule has 0 aromatic heterocycles. The van der Waals surface area contributed by atoms with E-state index in [0.29, 0.717) is 19.1 Å². The van der Waals surface area contributed by atoms with E-state index in [1.54, 1.807) is 0 Å². The quantitative estimate of drug-likeness (QED) is 0.638. The van der Waals surface area contributed by atoms with Crippen LogP contribution in [-0.2, 0) is 18.5 Å². The minimum absolute atomic E-state index is 0.0818. The molecule has 0 N–H and O–H groups in total. The minimum atomic E-state index is -3.43. The van der Waals surface area contributed by atoms with E-state index in [-0.39, 0.29) is 18.0 Å². The highest BCUT2D eigenvalue weighted by Gasteiger charge is 2.40. The van der Waals surface area contributed by atoms with E-state index < -0.39 is 9.05 Å². The third-order valence-electron chi connectivity index (χ3n) is 2.46. The van der Waals surface area contributed by atoms with Gasteiger partial charge in [0.1, 0.15) is 0 Å². The summed E-state index contributed by atoms with van der Waals surface area (Å²) in [5.41, 5.74) is 0. The summed E-state index contributed by atoms with van der Waals surface area (Å²) < 4.78 is 32.2. The van der Waals surface area contributed by atoms with Crippen molar-refractivity contribution in [2.45, 2.75) is 18.6 Å². The van der Waals surface area contributed by atoms with Crippen LogP contribution in [0.25, 0.3) is 0 Å². The van der Waals surface area contributed by atoms with Gasteiger partial charge in [-0.15, -0.1) is 0 Å². The van der Waals surface area contributed by atoms with Gasteiger partial charge in [-0.05, 0) is 6.42 Å². The summed E-state index contributed by atoms with van der Waals surface area (Å²) in [6.45, 7) is 1.27. The molecule has 2 fully saturated rings. The van der Waals surface area contributed by atoms with Gasteiger partial charge < -0.3 is 9.47 Å². The van der Waals surface area contributed by atoms with Gasteiger partial charge in [-0.25, -0.2) is 8.42 Å². The molecule has 0 bridgehead atoms. The highest BCUT2D eigenvalue weighted by atomic mass is 35.7. The highest BCUT2D eigenvalue weighted by molar-refractivity contribution is 8.13. The molecule has 0 spiro atoms. The molecule has 2 saturated heterocycles. The second-order valence-electron chi connectivity index (χ2n) is 3.54. The molecule has 0 radical (unpaired) electrons. The van der Waals surface area contributed by atoms with Crippen LogP contribution in [0.5, 0.6) is 0 Å².